The van der Waals surface area contributed by atoms with E-state index in [4.69, 9.17) is 10.5 Å². The van der Waals surface area contributed by atoms with Crippen molar-refractivity contribution >= 4 is 15.9 Å². The van der Waals surface area contributed by atoms with E-state index in [1.807, 2.05) is 36.4 Å². The summed E-state index contributed by atoms with van der Waals surface area (Å²) in [5.74, 6) is 0.830. The Bertz CT molecular complexity index is 511. The number of hydrogen-bond donors (Lipinski definition) is 1. The average molecular weight is 321 g/mol. The van der Waals surface area contributed by atoms with Crippen LogP contribution < -0.4 is 10.5 Å². The van der Waals surface area contributed by atoms with Gasteiger partial charge in [0.1, 0.15) is 12.4 Å². The maximum atomic E-state index is 5.97. The second-order valence-electron chi connectivity index (χ2n) is 4.34. The maximum Gasteiger partial charge on any atom is 0.130 e. The third-order valence-electron chi connectivity index (χ3n) is 2.92. The molecule has 1 heterocycles. The Balaban J connectivity index is 1.94. The number of rotatable bonds is 5. The maximum absolute atomic E-state index is 5.97. The van der Waals surface area contributed by atoms with E-state index in [2.05, 4.69) is 27.8 Å². The lowest BCUT2D eigenvalue weighted by molar-refractivity contribution is 0.301. The molecule has 0 aliphatic heterocycles. The van der Waals surface area contributed by atoms with Crippen LogP contribution in [0.2, 0.25) is 0 Å². The van der Waals surface area contributed by atoms with E-state index in [-0.39, 0.29) is 6.04 Å². The van der Waals surface area contributed by atoms with Gasteiger partial charge in [-0.1, -0.05) is 19.1 Å². The number of nitrogens with zero attached hydrogens (tertiary/aromatic N) is 1. The summed E-state index contributed by atoms with van der Waals surface area (Å²) in [5.41, 5.74) is 8.00. The average Bonchev–Trinajstić information content (AvgIpc) is 2.46. The van der Waals surface area contributed by atoms with Crippen molar-refractivity contribution in [3.63, 3.8) is 0 Å². The van der Waals surface area contributed by atoms with Crippen LogP contribution in [-0.2, 0) is 6.61 Å². The van der Waals surface area contributed by atoms with Gasteiger partial charge in [-0.05, 0) is 52.2 Å². The van der Waals surface area contributed by atoms with Crippen molar-refractivity contribution in [3.8, 4) is 5.75 Å². The lowest BCUT2D eigenvalue weighted by atomic mass is 10.1. The molecule has 0 aliphatic rings. The number of pyridine rings is 1. The van der Waals surface area contributed by atoms with Crippen LogP contribution in [0, 0.1) is 0 Å². The molecule has 1 unspecified atom stereocenters. The van der Waals surface area contributed by atoms with E-state index >= 15 is 0 Å². The van der Waals surface area contributed by atoms with Crippen molar-refractivity contribution in [3.05, 3.63) is 58.3 Å². The van der Waals surface area contributed by atoms with Crippen LogP contribution in [0.1, 0.15) is 30.6 Å². The van der Waals surface area contributed by atoms with Gasteiger partial charge in [0, 0.05) is 16.7 Å². The molecule has 2 N–H and O–H groups in total. The molecule has 0 aliphatic carbocycles. The number of aromatic nitrogens is 1. The molecular formula is C15H17BrN2O. The van der Waals surface area contributed by atoms with Crippen LogP contribution in [0.5, 0.6) is 5.75 Å². The zero-order chi connectivity index (χ0) is 13.7. The van der Waals surface area contributed by atoms with Crippen molar-refractivity contribution in [1.82, 2.24) is 4.98 Å². The minimum atomic E-state index is 0.0993. The van der Waals surface area contributed by atoms with Gasteiger partial charge in [0.15, 0.2) is 0 Å². The highest BCUT2D eigenvalue weighted by Crippen LogP contribution is 2.19. The van der Waals surface area contributed by atoms with Gasteiger partial charge in [-0.3, -0.25) is 4.98 Å². The van der Waals surface area contributed by atoms with Gasteiger partial charge < -0.3 is 10.5 Å². The van der Waals surface area contributed by atoms with Gasteiger partial charge >= 0.3 is 0 Å². The molecule has 0 radical (unpaired) electrons. The smallest absolute Gasteiger partial charge is 0.130 e. The largest absolute Gasteiger partial charge is 0.487 e. The van der Waals surface area contributed by atoms with Crippen molar-refractivity contribution in [2.75, 3.05) is 0 Å². The Kier molecular flexibility index (Phi) is 4.93. The first-order valence-electron chi connectivity index (χ1n) is 6.28. The molecule has 0 bridgehead atoms. The first-order valence-corrected chi connectivity index (χ1v) is 7.07. The Hall–Kier alpha value is -1.39. The SMILES string of the molecule is CCC(N)c1ccc(OCc2ccc(Br)cn2)cc1. The summed E-state index contributed by atoms with van der Waals surface area (Å²) in [6, 6.07) is 11.9. The summed E-state index contributed by atoms with van der Waals surface area (Å²) in [4.78, 5) is 4.26. The highest BCUT2D eigenvalue weighted by Gasteiger charge is 2.03. The van der Waals surface area contributed by atoms with Crippen LogP contribution >= 0.6 is 15.9 Å². The van der Waals surface area contributed by atoms with Crippen molar-refractivity contribution in [1.29, 1.82) is 0 Å². The van der Waals surface area contributed by atoms with E-state index in [1.165, 1.54) is 0 Å². The number of nitrogens with two attached hydrogens (primary N) is 1. The van der Waals surface area contributed by atoms with Gasteiger partial charge in [-0.15, -0.1) is 0 Å². The quantitative estimate of drug-likeness (QED) is 0.910. The predicted molar refractivity (Wildman–Crippen MR) is 79.9 cm³/mol. The first-order chi connectivity index (χ1) is 9.19. The molecule has 3 nitrogen and oxygen atoms in total. The van der Waals surface area contributed by atoms with Gasteiger partial charge in [-0.2, -0.15) is 0 Å². The second kappa shape index (κ2) is 6.68. The molecule has 0 amide bonds. The van der Waals surface area contributed by atoms with Gasteiger partial charge in [0.2, 0.25) is 0 Å². The van der Waals surface area contributed by atoms with E-state index in [0.29, 0.717) is 6.61 Å². The topological polar surface area (TPSA) is 48.1 Å². The highest BCUT2D eigenvalue weighted by atomic mass is 79.9. The van der Waals surface area contributed by atoms with E-state index in [1.54, 1.807) is 6.20 Å². The van der Waals surface area contributed by atoms with Crippen molar-refractivity contribution in [2.24, 2.45) is 5.73 Å². The number of hydrogen-bond acceptors (Lipinski definition) is 3. The van der Waals surface area contributed by atoms with Gasteiger partial charge in [0.05, 0.1) is 5.69 Å². The lowest BCUT2D eigenvalue weighted by Crippen LogP contribution is -2.08. The third kappa shape index (κ3) is 4.04. The zero-order valence-electron chi connectivity index (χ0n) is 10.8. The molecule has 4 heteroatoms. The Labute approximate surface area is 121 Å². The molecule has 0 saturated carbocycles. The molecule has 1 atom stereocenters. The molecule has 1 aromatic carbocycles. The van der Waals surface area contributed by atoms with Crippen LogP contribution in [0.25, 0.3) is 0 Å². The van der Waals surface area contributed by atoms with Crippen LogP contribution in [0.15, 0.2) is 47.1 Å². The fraction of sp³-hybridized carbons (Fsp3) is 0.267. The standard InChI is InChI=1S/C15H17BrN2O/c1-2-15(17)11-3-7-14(8-4-11)19-10-13-6-5-12(16)9-18-13/h3-9,15H,2,10,17H2,1H3. The summed E-state index contributed by atoms with van der Waals surface area (Å²) in [7, 11) is 0. The Morgan fingerprint density at radius 3 is 2.53 bits per heavy atom. The number of benzene rings is 1. The highest BCUT2D eigenvalue weighted by molar-refractivity contribution is 9.10. The molecule has 19 heavy (non-hydrogen) atoms. The molecule has 0 spiro atoms. The number of ether oxygens (including phenoxy) is 1. The van der Waals surface area contributed by atoms with Gasteiger partial charge in [0.25, 0.3) is 0 Å². The molecule has 0 saturated heterocycles. The third-order valence-corrected chi connectivity index (χ3v) is 3.39. The molecule has 1 aromatic heterocycles. The molecule has 0 fully saturated rings. The normalized spacial score (nSPS) is 12.2. The van der Waals surface area contributed by atoms with E-state index < -0.39 is 0 Å². The summed E-state index contributed by atoms with van der Waals surface area (Å²) in [6.07, 6.45) is 2.70. The summed E-state index contributed by atoms with van der Waals surface area (Å²) in [6.45, 7) is 2.54. The van der Waals surface area contributed by atoms with Crippen molar-refractivity contribution in [2.45, 2.75) is 26.0 Å². The van der Waals surface area contributed by atoms with Gasteiger partial charge in [-0.25, -0.2) is 0 Å². The van der Waals surface area contributed by atoms with E-state index in [0.717, 1.165) is 27.9 Å². The zero-order valence-corrected chi connectivity index (χ0v) is 12.4. The molecule has 2 rings (SSSR count). The second-order valence-corrected chi connectivity index (χ2v) is 5.26. The minimum Gasteiger partial charge on any atom is -0.487 e. The van der Waals surface area contributed by atoms with Crippen LogP contribution in [0.4, 0.5) is 0 Å². The van der Waals surface area contributed by atoms with Crippen LogP contribution in [0.3, 0.4) is 0 Å². The fourth-order valence-corrected chi connectivity index (χ4v) is 1.93. The molecule has 100 valence electrons. The first kappa shape index (κ1) is 14.0. The summed E-state index contributed by atoms with van der Waals surface area (Å²) in [5, 5.41) is 0. The number of halogens is 1. The summed E-state index contributed by atoms with van der Waals surface area (Å²) < 4.78 is 6.65. The predicted octanol–water partition coefficient (Wildman–Crippen LogP) is 3.83. The van der Waals surface area contributed by atoms with Crippen LogP contribution in [-0.4, -0.2) is 4.98 Å². The monoisotopic (exact) mass is 320 g/mol. The van der Waals surface area contributed by atoms with Crippen molar-refractivity contribution < 1.29 is 4.74 Å². The summed E-state index contributed by atoms with van der Waals surface area (Å²) >= 11 is 3.35. The molecular weight excluding hydrogens is 304 g/mol. The Morgan fingerprint density at radius 1 is 1.21 bits per heavy atom. The Morgan fingerprint density at radius 2 is 1.95 bits per heavy atom. The minimum absolute atomic E-state index is 0.0993. The molecule has 2 aromatic rings. The lowest BCUT2D eigenvalue weighted by Gasteiger charge is -2.10. The van der Waals surface area contributed by atoms with E-state index in [9.17, 15) is 0 Å². The fourth-order valence-electron chi connectivity index (χ4n) is 1.70.